The van der Waals surface area contributed by atoms with Crippen LogP contribution in [0.1, 0.15) is 42.5 Å². The Hall–Kier alpha value is -3.94. The van der Waals surface area contributed by atoms with Gasteiger partial charge in [0.15, 0.2) is 0 Å². The molecule has 0 radical (unpaired) electrons. The fraction of sp³-hybridized carbons (Fsp3) is 0.231. The summed E-state index contributed by atoms with van der Waals surface area (Å²) in [4.78, 5) is 26.6. The van der Waals surface area contributed by atoms with Crippen LogP contribution in [-0.4, -0.2) is 19.5 Å². The van der Waals surface area contributed by atoms with Gasteiger partial charge >= 0.3 is 0 Å². The third-order valence-corrected chi connectivity index (χ3v) is 5.40. The molecule has 6 nitrogen and oxygen atoms in total. The summed E-state index contributed by atoms with van der Waals surface area (Å²) in [6, 6.07) is 12.5. The monoisotopic (exact) mass is 462 g/mol. The molecule has 0 aliphatic carbocycles. The maximum atomic E-state index is 13.9. The first kappa shape index (κ1) is 23.2. The maximum absolute atomic E-state index is 13.9. The number of aryl methyl sites for hydroxylation is 1. The third-order valence-electron chi connectivity index (χ3n) is 5.40. The molecule has 174 valence electrons. The van der Waals surface area contributed by atoms with E-state index >= 15 is 0 Å². The number of halogens is 2. The van der Waals surface area contributed by atoms with Gasteiger partial charge in [0, 0.05) is 29.3 Å². The van der Waals surface area contributed by atoms with Crippen molar-refractivity contribution in [2.75, 3.05) is 0 Å². The number of nitrogens with zero attached hydrogens (tertiary/aromatic N) is 4. The lowest BCUT2D eigenvalue weighted by Gasteiger charge is -2.15. The molecule has 0 bridgehead atoms. The predicted molar refractivity (Wildman–Crippen MR) is 125 cm³/mol. The Labute approximate surface area is 195 Å². The third kappa shape index (κ3) is 4.71. The number of rotatable bonds is 6. The first-order valence-corrected chi connectivity index (χ1v) is 10.9. The molecule has 0 spiro atoms. The van der Waals surface area contributed by atoms with Gasteiger partial charge in [0.25, 0.3) is 5.56 Å². The van der Waals surface area contributed by atoms with E-state index in [2.05, 4.69) is 15.0 Å². The van der Waals surface area contributed by atoms with E-state index in [1.165, 1.54) is 10.6 Å². The molecular formula is C26H24F2N4O2. The average Bonchev–Trinajstić information content (AvgIpc) is 2.82. The van der Waals surface area contributed by atoms with Gasteiger partial charge in [-0.1, -0.05) is 26.0 Å². The number of aromatic nitrogens is 4. The quantitative estimate of drug-likeness (QED) is 0.390. The average molecular weight is 463 g/mol. The van der Waals surface area contributed by atoms with E-state index in [9.17, 15) is 13.6 Å². The van der Waals surface area contributed by atoms with Gasteiger partial charge in [-0.05, 0) is 44.2 Å². The highest BCUT2D eigenvalue weighted by Gasteiger charge is 2.16. The molecule has 0 saturated carbocycles. The smallest absolute Gasteiger partial charge is 0.264 e. The zero-order valence-corrected chi connectivity index (χ0v) is 19.3. The second kappa shape index (κ2) is 9.51. The lowest BCUT2D eigenvalue weighted by molar-refractivity contribution is 0.283. The van der Waals surface area contributed by atoms with E-state index in [1.807, 2.05) is 44.2 Å². The van der Waals surface area contributed by atoms with Crippen molar-refractivity contribution in [2.45, 2.75) is 40.2 Å². The van der Waals surface area contributed by atoms with Gasteiger partial charge < -0.3 is 4.74 Å². The van der Waals surface area contributed by atoms with Crippen molar-refractivity contribution in [3.8, 4) is 22.8 Å². The fourth-order valence-corrected chi connectivity index (χ4v) is 3.53. The van der Waals surface area contributed by atoms with Crippen molar-refractivity contribution < 1.29 is 13.5 Å². The van der Waals surface area contributed by atoms with Crippen molar-refractivity contribution >= 4 is 0 Å². The van der Waals surface area contributed by atoms with Crippen LogP contribution in [0.4, 0.5) is 8.78 Å². The van der Waals surface area contributed by atoms with E-state index < -0.39 is 11.6 Å². The first-order valence-electron chi connectivity index (χ1n) is 10.9. The van der Waals surface area contributed by atoms with Crippen LogP contribution in [-0.2, 0) is 6.61 Å². The molecule has 0 aliphatic rings. The van der Waals surface area contributed by atoms with E-state index in [-0.39, 0.29) is 35.1 Å². The molecule has 0 unspecified atom stereocenters. The van der Waals surface area contributed by atoms with Crippen LogP contribution < -0.4 is 10.3 Å². The molecule has 4 aromatic rings. The Balaban J connectivity index is 1.67. The van der Waals surface area contributed by atoms with Gasteiger partial charge in [0.1, 0.15) is 29.9 Å². The molecule has 0 N–H and O–H groups in total. The number of ether oxygens (including phenoxy) is 1. The Morgan fingerprint density at radius 2 is 1.82 bits per heavy atom. The van der Waals surface area contributed by atoms with E-state index in [4.69, 9.17) is 4.74 Å². The summed E-state index contributed by atoms with van der Waals surface area (Å²) >= 11 is 0. The van der Waals surface area contributed by atoms with E-state index in [1.54, 1.807) is 20.0 Å². The molecule has 2 aromatic carbocycles. The van der Waals surface area contributed by atoms with Crippen molar-refractivity contribution in [2.24, 2.45) is 0 Å². The molecule has 8 heteroatoms. The van der Waals surface area contributed by atoms with Crippen molar-refractivity contribution in [1.29, 1.82) is 0 Å². The minimum absolute atomic E-state index is 0.107. The molecule has 34 heavy (non-hydrogen) atoms. The van der Waals surface area contributed by atoms with Gasteiger partial charge in [0.05, 0.1) is 16.9 Å². The first-order chi connectivity index (χ1) is 16.2. The summed E-state index contributed by atoms with van der Waals surface area (Å²) < 4.78 is 34.2. The largest absolute Gasteiger partial charge is 0.472 e. The zero-order valence-electron chi connectivity index (χ0n) is 19.3. The van der Waals surface area contributed by atoms with Crippen LogP contribution in [0.3, 0.4) is 0 Å². The van der Waals surface area contributed by atoms with Gasteiger partial charge in [0.2, 0.25) is 5.88 Å². The Morgan fingerprint density at radius 3 is 2.56 bits per heavy atom. The highest BCUT2D eigenvalue weighted by atomic mass is 19.1. The molecule has 0 atom stereocenters. The maximum Gasteiger partial charge on any atom is 0.264 e. The fourth-order valence-electron chi connectivity index (χ4n) is 3.53. The SMILES string of the molecule is Cc1c(OCc2ccc(F)cc2F)nc(C)n(-c2cccc(-c3ccnc(C(C)C)n3)c2)c1=O. The molecule has 4 rings (SSSR count). The van der Waals surface area contributed by atoms with Gasteiger partial charge in [-0.15, -0.1) is 0 Å². The van der Waals surface area contributed by atoms with Crippen LogP contribution in [0.2, 0.25) is 0 Å². The molecule has 2 aromatic heterocycles. The Kier molecular flexibility index (Phi) is 6.49. The molecular weight excluding hydrogens is 438 g/mol. The van der Waals surface area contributed by atoms with Gasteiger partial charge in [-0.25, -0.2) is 18.7 Å². The van der Waals surface area contributed by atoms with Gasteiger partial charge in [-0.2, -0.15) is 4.98 Å². The molecule has 0 amide bonds. The number of hydrogen-bond donors (Lipinski definition) is 0. The van der Waals surface area contributed by atoms with Crippen LogP contribution in [0.15, 0.2) is 59.5 Å². The summed E-state index contributed by atoms with van der Waals surface area (Å²) in [5.41, 5.74) is 2.39. The molecule has 0 aliphatic heterocycles. The highest BCUT2D eigenvalue weighted by molar-refractivity contribution is 5.62. The van der Waals surface area contributed by atoms with Crippen LogP contribution >= 0.6 is 0 Å². The Bertz CT molecular complexity index is 1420. The lowest BCUT2D eigenvalue weighted by Crippen LogP contribution is -2.25. The van der Waals surface area contributed by atoms with Crippen molar-refractivity contribution in [3.05, 3.63) is 99.5 Å². The highest BCUT2D eigenvalue weighted by Crippen LogP contribution is 2.23. The number of benzene rings is 2. The zero-order chi connectivity index (χ0) is 24.4. The molecule has 2 heterocycles. The van der Waals surface area contributed by atoms with Crippen LogP contribution in [0.25, 0.3) is 16.9 Å². The summed E-state index contributed by atoms with van der Waals surface area (Å²) in [6.45, 7) is 7.18. The molecule has 0 saturated heterocycles. The molecule has 0 fully saturated rings. The van der Waals surface area contributed by atoms with E-state index in [0.717, 1.165) is 29.2 Å². The predicted octanol–water partition coefficient (Wildman–Crippen LogP) is 5.29. The van der Waals surface area contributed by atoms with Gasteiger partial charge in [-0.3, -0.25) is 9.36 Å². The minimum Gasteiger partial charge on any atom is -0.472 e. The summed E-state index contributed by atoms with van der Waals surface area (Å²) in [5.74, 6) is 0.0658. The minimum atomic E-state index is -0.718. The second-order valence-electron chi connectivity index (χ2n) is 8.26. The topological polar surface area (TPSA) is 69.9 Å². The standard InChI is InChI=1S/C26H24F2N4O2/c1-15(2)24-29-11-10-23(31-24)18-6-5-7-21(12-18)32-17(4)30-25(16(3)26(32)33)34-14-19-8-9-20(27)13-22(19)28/h5-13,15H,14H2,1-4H3. The van der Waals surface area contributed by atoms with Crippen molar-refractivity contribution in [1.82, 2.24) is 19.5 Å². The van der Waals surface area contributed by atoms with E-state index in [0.29, 0.717) is 11.5 Å². The summed E-state index contributed by atoms with van der Waals surface area (Å²) in [5, 5.41) is 0. The van der Waals surface area contributed by atoms with Crippen LogP contribution in [0.5, 0.6) is 5.88 Å². The Morgan fingerprint density at radius 1 is 1.03 bits per heavy atom. The summed E-state index contributed by atoms with van der Waals surface area (Å²) in [6.07, 6.45) is 1.73. The lowest BCUT2D eigenvalue weighted by atomic mass is 10.1. The van der Waals surface area contributed by atoms with Crippen molar-refractivity contribution in [3.63, 3.8) is 0 Å². The normalized spacial score (nSPS) is 11.1. The summed E-state index contributed by atoms with van der Waals surface area (Å²) in [7, 11) is 0. The second-order valence-corrected chi connectivity index (χ2v) is 8.26. The van der Waals surface area contributed by atoms with Crippen LogP contribution in [0, 0.1) is 25.5 Å². The number of hydrogen-bond acceptors (Lipinski definition) is 5.